The Hall–Kier alpha value is -1.66. The summed E-state index contributed by atoms with van der Waals surface area (Å²) in [5.41, 5.74) is 8.67. The maximum Gasteiger partial charge on any atom is 0.228 e. The molecule has 1 aromatic heterocycles. The lowest BCUT2D eigenvalue weighted by Crippen LogP contribution is -2.26. The number of nitrogens with one attached hydrogen (secondary N) is 1. The fourth-order valence-corrected chi connectivity index (χ4v) is 2.98. The quantitative estimate of drug-likeness (QED) is 0.894. The zero-order valence-corrected chi connectivity index (χ0v) is 13.4. The van der Waals surface area contributed by atoms with Crippen molar-refractivity contribution in [3.8, 4) is 11.1 Å². The Morgan fingerprint density at radius 1 is 1.43 bits per heavy atom. The summed E-state index contributed by atoms with van der Waals surface area (Å²) in [5, 5.41) is 7.34. The fourth-order valence-electron chi connectivity index (χ4n) is 2.72. The molecule has 3 rings (SSSR count). The van der Waals surface area contributed by atoms with E-state index in [1.807, 2.05) is 31.2 Å². The van der Waals surface area contributed by atoms with E-state index in [9.17, 15) is 4.79 Å². The van der Waals surface area contributed by atoms with Crippen molar-refractivity contribution in [2.45, 2.75) is 13.3 Å². The Morgan fingerprint density at radius 2 is 2.14 bits per heavy atom. The van der Waals surface area contributed by atoms with E-state index < -0.39 is 0 Å². The molecule has 1 aromatic carbocycles. The van der Waals surface area contributed by atoms with Crippen molar-refractivity contribution >= 4 is 27.7 Å². The van der Waals surface area contributed by atoms with E-state index >= 15 is 0 Å². The summed E-state index contributed by atoms with van der Waals surface area (Å²) in [6, 6.07) is 8.01. The first kappa shape index (κ1) is 14.3. The summed E-state index contributed by atoms with van der Waals surface area (Å²) < 4.78 is 1.02. The standard InChI is InChI=1S/C15H17BrN4O/c1-9-14(11-2-4-12(16)5-3-11)15(19-18-9)20-8-10(7-17)6-13(20)21/h2-5,10H,6-8,17H2,1H3,(H,18,19). The van der Waals surface area contributed by atoms with Gasteiger partial charge in [-0.05, 0) is 37.1 Å². The summed E-state index contributed by atoms with van der Waals surface area (Å²) in [6.07, 6.45) is 0.502. The van der Waals surface area contributed by atoms with Crippen LogP contribution in [0, 0.1) is 12.8 Å². The van der Waals surface area contributed by atoms with E-state index in [2.05, 4.69) is 26.1 Å². The van der Waals surface area contributed by atoms with Crippen molar-refractivity contribution in [2.24, 2.45) is 11.7 Å². The number of H-pyrrole nitrogens is 1. The highest BCUT2D eigenvalue weighted by atomic mass is 79.9. The van der Waals surface area contributed by atoms with Gasteiger partial charge in [-0.15, -0.1) is 0 Å². The van der Waals surface area contributed by atoms with Crippen molar-refractivity contribution in [3.05, 3.63) is 34.4 Å². The van der Waals surface area contributed by atoms with E-state index in [-0.39, 0.29) is 11.8 Å². The van der Waals surface area contributed by atoms with Gasteiger partial charge in [-0.1, -0.05) is 28.1 Å². The fraction of sp³-hybridized carbons (Fsp3) is 0.333. The Kier molecular flexibility index (Phi) is 3.82. The van der Waals surface area contributed by atoms with Crippen LogP contribution in [0.25, 0.3) is 11.1 Å². The Labute approximate surface area is 131 Å². The minimum Gasteiger partial charge on any atom is -0.330 e. The number of hydrogen-bond acceptors (Lipinski definition) is 3. The third-order valence-corrected chi connectivity index (χ3v) is 4.38. The topological polar surface area (TPSA) is 75.0 Å². The first-order chi connectivity index (χ1) is 10.1. The van der Waals surface area contributed by atoms with Crippen LogP contribution in [-0.4, -0.2) is 29.2 Å². The largest absolute Gasteiger partial charge is 0.330 e. The monoisotopic (exact) mass is 348 g/mol. The molecular weight excluding hydrogens is 332 g/mol. The van der Waals surface area contributed by atoms with Gasteiger partial charge < -0.3 is 5.73 Å². The average molecular weight is 349 g/mol. The maximum atomic E-state index is 12.2. The van der Waals surface area contributed by atoms with Crippen molar-refractivity contribution < 1.29 is 4.79 Å². The molecule has 21 heavy (non-hydrogen) atoms. The SMILES string of the molecule is Cc1[nH]nc(N2CC(CN)CC2=O)c1-c1ccc(Br)cc1. The molecule has 1 saturated heterocycles. The van der Waals surface area contributed by atoms with Crippen LogP contribution in [0.3, 0.4) is 0 Å². The number of hydrogen-bond donors (Lipinski definition) is 2. The van der Waals surface area contributed by atoms with Gasteiger partial charge in [-0.2, -0.15) is 5.10 Å². The predicted molar refractivity (Wildman–Crippen MR) is 86.0 cm³/mol. The van der Waals surface area contributed by atoms with Gasteiger partial charge in [0.1, 0.15) is 0 Å². The summed E-state index contributed by atoms with van der Waals surface area (Å²) >= 11 is 3.44. The summed E-state index contributed by atoms with van der Waals surface area (Å²) in [6.45, 7) is 3.14. The molecule has 0 bridgehead atoms. The molecule has 1 unspecified atom stereocenters. The number of carbonyl (C=O) groups is 1. The highest BCUT2D eigenvalue weighted by molar-refractivity contribution is 9.10. The number of aryl methyl sites for hydroxylation is 1. The molecule has 2 heterocycles. The van der Waals surface area contributed by atoms with Crippen LogP contribution in [0.5, 0.6) is 0 Å². The van der Waals surface area contributed by atoms with Crippen molar-refractivity contribution in [1.82, 2.24) is 10.2 Å². The highest BCUT2D eigenvalue weighted by Crippen LogP contribution is 2.35. The van der Waals surface area contributed by atoms with Crippen LogP contribution in [0.1, 0.15) is 12.1 Å². The summed E-state index contributed by atoms with van der Waals surface area (Å²) in [5.74, 6) is 1.01. The number of benzene rings is 1. The van der Waals surface area contributed by atoms with Gasteiger partial charge in [0.25, 0.3) is 0 Å². The van der Waals surface area contributed by atoms with Crippen LogP contribution >= 0.6 is 15.9 Å². The number of nitrogens with two attached hydrogens (primary N) is 1. The van der Waals surface area contributed by atoms with Gasteiger partial charge in [-0.25, -0.2) is 0 Å². The second kappa shape index (κ2) is 5.61. The third kappa shape index (κ3) is 2.61. The van der Waals surface area contributed by atoms with Gasteiger partial charge in [0.15, 0.2) is 5.82 Å². The number of carbonyl (C=O) groups excluding carboxylic acids is 1. The lowest BCUT2D eigenvalue weighted by Gasteiger charge is -2.16. The van der Waals surface area contributed by atoms with Gasteiger partial charge in [0, 0.05) is 28.7 Å². The van der Waals surface area contributed by atoms with E-state index in [1.54, 1.807) is 4.90 Å². The van der Waals surface area contributed by atoms with Crippen LogP contribution in [0.4, 0.5) is 5.82 Å². The molecule has 0 spiro atoms. The first-order valence-corrected chi connectivity index (χ1v) is 7.70. The van der Waals surface area contributed by atoms with Crippen LogP contribution in [-0.2, 0) is 4.79 Å². The summed E-state index contributed by atoms with van der Waals surface area (Å²) in [7, 11) is 0. The molecule has 1 atom stereocenters. The average Bonchev–Trinajstić information content (AvgIpc) is 3.03. The molecule has 0 radical (unpaired) electrons. The molecule has 1 aliphatic rings. The van der Waals surface area contributed by atoms with Crippen LogP contribution < -0.4 is 10.6 Å². The van der Waals surface area contributed by atoms with Crippen molar-refractivity contribution in [1.29, 1.82) is 0 Å². The second-order valence-corrected chi connectivity index (χ2v) is 6.28. The van der Waals surface area contributed by atoms with Gasteiger partial charge in [0.05, 0.1) is 0 Å². The minimum absolute atomic E-state index is 0.0929. The van der Waals surface area contributed by atoms with Crippen molar-refractivity contribution in [2.75, 3.05) is 18.0 Å². The normalized spacial score (nSPS) is 18.5. The molecule has 1 amide bonds. The molecule has 3 N–H and O–H groups in total. The first-order valence-electron chi connectivity index (χ1n) is 6.91. The highest BCUT2D eigenvalue weighted by Gasteiger charge is 2.33. The molecule has 6 heteroatoms. The second-order valence-electron chi connectivity index (χ2n) is 5.36. The molecule has 0 aliphatic carbocycles. The van der Waals surface area contributed by atoms with Crippen molar-refractivity contribution in [3.63, 3.8) is 0 Å². The smallest absolute Gasteiger partial charge is 0.228 e. The lowest BCUT2D eigenvalue weighted by molar-refractivity contribution is -0.117. The zero-order chi connectivity index (χ0) is 15.0. The van der Waals surface area contributed by atoms with Gasteiger partial charge in [0.2, 0.25) is 5.91 Å². The number of halogens is 1. The number of anilines is 1. The Balaban J connectivity index is 2.01. The molecule has 110 valence electrons. The lowest BCUT2D eigenvalue weighted by atomic mass is 10.1. The van der Waals surface area contributed by atoms with E-state index in [0.29, 0.717) is 25.3 Å². The molecule has 1 fully saturated rings. The van der Waals surface area contributed by atoms with Gasteiger partial charge >= 0.3 is 0 Å². The molecule has 5 nitrogen and oxygen atoms in total. The Morgan fingerprint density at radius 3 is 2.76 bits per heavy atom. The molecule has 1 aliphatic heterocycles. The number of aromatic amines is 1. The maximum absolute atomic E-state index is 12.2. The number of aromatic nitrogens is 2. The molecule has 2 aromatic rings. The number of amides is 1. The minimum atomic E-state index is 0.0929. The molecular formula is C15H17BrN4O. The Bertz CT molecular complexity index is 665. The van der Waals surface area contributed by atoms with E-state index in [1.165, 1.54) is 0 Å². The zero-order valence-electron chi connectivity index (χ0n) is 11.8. The van der Waals surface area contributed by atoms with E-state index in [0.717, 1.165) is 21.3 Å². The van der Waals surface area contributed by atoms with Gasteiger partial charge in [-0.3, -0.25) is 14.8 Å². The third-order valence-electron chi connectivity index (χ3n) is 3.86. The van der Waals surface area contributed by atoms with E-state index in [4.69, 9.17) is 5.73 Å². The van der Waals surface area contributed by atoms with Crippen LogP contribution in [0.2, 0.25) is 0 Å². The van der Waals surface area contributed by atoms with Crippen LogP contribution in [0.15, 0.2) is 28.7 Å². The summed E-state index contributed by atoms with van der Waals surface area (Å²) in [4.78, 5) is 13.9. The number of rotatable bonds is 3. The number of nitrogens with zero attached hydrogens (tertiary/aromatic N) is 2. The predicted octanol–water partition coefficient (Wildman–Crippen LogP) is 2.46. The molecule has 0 saturated carbocycles.